The summed E-state index contributed by atoms with van der Waals surface area (Å²) in [5.74, 6) is 0.912. The molecule has 1 saturated carbocycles. The van der Waals surface area contributed by atoms with E-state index in [-0.39, 0.29) is 40.8 Å². The minimum absolute atomic E-state index is 0. The fraction of sp³-hybridized carbons (Fsp3) is 0.905. The summed E-state index contributed by atoms with van der Waals surface area (Å²) in [6, 6.07) is 0. The quantitative estimate of drug-likeness (QED) is 0.207. The Morgan fingerprint density at radius 1 is 1.03 bits per heavy atom. The Bertz CT molecular complexity index is 510. The molecule has 0 aromatic carbocycles. The maximum atomic E-state index is 12.0. The van der Waals surface area contributed by atoms with Crippen molar-refractivity contribution in [3.05, 3.63) is 0 Å². The Morgan fingerprint density at radius 2 is 1.66 bits per heavy atom. The smallest absolute Gasteiger partial charge is 0.225 e. The summed E-state index contributed by atoms with van der Waals surface area (Å²) in [6.45, 7) is 14.4. The van der Waals surface area contributed by atoms with Crippen LogP contribution in [0.3, 0.4) is 0 Å². The second-order valence-electron chi connectivity index (χ2n) is 9.01. The fourth-order valence-electron chi connectivity index (χ4n) is 4.01. The summed E-state index contributed by atoms with van der Waals surface area (Å²) in [6.07, 6.45) is 6.35. The molecule has 2 fully saturated rings. The number of halogens is 1. The van der Waals surface area contributed by atoms with Gasteiger partial charge in [0.15, 0.2) is 5.96 Å². The highest BCUT2D eigenvalue weighted by Crippen LogP contribution is 2.34. The van der Waals surface area contributed by atoms with E-state index in [0.29, 0.717) is 13.1 Å². The van der Waals surface area contributed by atoms with E-state index in [1.54, 1.807) is 0 Å². The van der Waals surface area contributed by atoms with E-state index in [0.717, 1.165) is 45.4 Å². The Labute approximate surface area is 194 Å². The first-order chi connectivity index (χ1) is 13.4. The summed E-state index contributed by atoms with van der Waals surface area (Å²) < 4.78 is 5.57. The molecule has 0 radical (unpaired) electrons. The molecule has 0 aromatic rings. The number of morpholine rings is 1. The molecule has 1 heterocycles. The van der Waals surface area contributed by atoms with Gasteiger partial charge in [-0.15, -0.1) is 24.0 Å². The number of amides is 1. The van der Waals surface area contributed by atoms with Crippen molar-refractivity contribution in [1.29, 1.82) is 0 Å². The molecule has 0 spiro atoms. The largest absolute Gasteiger partial charge is 0.379 e. The zero-order valence-corrected chi connectivity index (χ0v) is 21.1. The molecule has 2 aliphatic rings. The van der Waals surface area contributed by atoms with Crippen molar-refractivity contribution in [3.63, 3.8) is 0 Å². The van der Waals surface area contributed by atoms with E-state index in [9.17, 15) is 4.79 Å². The van der Waals surface area contributed by atoms with Crippen LogP contribution in [0.5, 0.6) is 0 Å². The van der Waals surface area contributed by atoms with E-state index >= 15 is 0 Å². The molecule has 0 atom stereocenters. The van der Waals surface area contributed by atoms with Gasteiger partial charge in [-0.1, -0.05) is 40.0 Å². The normalized spacial score (nSPS) is 20.5. The molecule has 1 amide bonds. The molecule has 1 aliphatic heterocycles. The number of hydrogen-bond acceptors (Lipinski definition) is 4. The van der Waals surface area contributed by atoms with Gasteiger partial charge in [0.1, 0.15) is 0 Å². The molecule has 0 unspecified atom stereocenters. The fourth-order valence-corrected chi connectivity index (χ4v) is 4.01. The van der Waals surface area contributed by atoms with Gasteiger partial charge in [-0.3, -0.25) is 14.7 Å². The molecule has 1 saturated heterocycles. The lowest BCUT2D eigenvalue weighted by atomic mass is 9.80. The number of nitrogens with zero attached hydrogens (tertiary/aromatic N) is 2. The monoisotopic (exact) mass is 523 g/mol. The van der Waals surface area contributed by atoms with Crippen LogP contribution in [-0.4, -0.2) is 74.8 Å². The van der Waals surface area contributed by atoms with E-state index in [4.69, 9.17) is 9.73 Å². The molecule has 170 valence electrons. The van der Waals surface area contributed by atoms with Crippen LogP contribution in [0, 0.1) is 5.41 Å². The topological polar surface area (TPSA) is 78.0 Å². The van der Waals surface area contributed by atoms with Gasteiger partial charge >= 0.3 is 0 Å². The maximum absolute atomic E-state index is 12.0. The van der Waals surface area contributed by atoms with Crippen LogP contribution in [0.15, 0.2) is 4.99 Å². The minimum atomic E-state index is -0.357. The lowest BCUT2D eigenvalue weighted by molar-refractivity contribution is -0.128. The van der Waals surface area contributed by atoms with E-state index in [1.165, 1.54) is 32.1 Å². The zero-order valence-electron chi connectivity index (χ0n) is 18.8. The van der Waals surface area contributed by atoms with E-state index in [2.05, 4.69) is 27.8 Å². The van der Waals surface area contributed by atoms with Gasteiger partial charge in [-0.05, 0) is 19.8 Å². The van der Waals surface area contributed by atoms with Crippen molar-refractivity contribution in [2.45, 2.75) is 65.3 Å². The number of nitrogens with one attached hydrogen (secondary N) is 3. The minimum Gasteiger partial charge on any atom is -0.379 e. The first kappa shape index (κ1) is 26.4. The molecule has 29 heavy (non-hydrogen) atoms. The SMILES string of the molecule is CCNC(=NCC1(N2CCOCC2)CCCCC1)NCCNC(=O)C(C)(C)C.I. The van der Waals surface area contributed by atoms with Gasteiger partial charge in [0.2, 0.25) is 5.91 Å². The third-order valence-corrected chi connectivity index (χ3v) is 5.73. The van der Waals surface area contributed by atoms with Gasteiger partial charge < -0.3 is 20.7 Å². The number of carbonyl (C=O) groups is 1. The molecule has 7 nitrogen and oxygen atoms in total. The molecular weight excluding hydrogens is 481 g/mol. The predicted octanol–water partition coefficient (Wildman–Crippen LogP) is 2.36. The van der Waals surface area contributed by atoms with E-state index < -0.39 is 0 Å². The van der Waals surface area contributed by atoms with Crippen molar-refractivity contribution in [3.8, 4) is 0 Å². The molecular formula is C21H42IN5O2. The first-order valence-corrected chi connectivity index (χ1v) is 11.0. The number of rotatable bonds is 7. The summed E-state index contributed by atoms with van der Waals surface area (Å²) in [5.41, 5.74) is -0.186. The molecule has 3 N–H and O–H groups in total. The van der Waals surface area contributed by atoms with Crippen LogP contribution >= 0.6 is 24.0 Å². The van der Waals surface area contributed by atoms with Crippen LogP contribution in [0.4, 0.5) is 0 Å². The highest BCUT2D eigenvalue weighted by molar-refractivity contribution is 14.0. The standard InChI is InChI=1S/C21H41N5O2.HI/c1-5-22-19(24-12-11-23-18(27)20(2,3)4)25-17-21(9-7-6-8-10-21)26-13-15-28-16-14-26;/h5-17H2,1-4H3,(H,23,27)(H2,22,24,25);1H. The summed E-state index contributed by atoms with van der Waals surface area (Å²) in [4.78, 5) is 19.6. The average Bonchev–Trinajstić information content (AvgIpc) is 2.69. The molecule has 0 aromatic heterocycles. The van der Waals surface area contributed by atoms with Crippen molar-refractivity contribution < 1.29 is 9.53 Å². The summed E-state index contributed by atoms with van der Waals surface area (Å²) in [7, 11) is 0. The molecule has 1 aliphatic carbocycles. The number of carbonyl (C=O) groups excluding carboxylic acids is 1. The van der Waals surface area contributed by atoms with Crippen molar-refractivity contribution in [2.75, 3.05) is 52.5 Å². The molecule has 2 rings (SSSR count). The van der Waals surface area contributed by atoms with Gasteiger partial charge in [0, 0.05) is 43.7 Å². The predicted molar refractivity (Wildman–Crippen MR) is 130 cm³/mol. The third kappa shape index (κ3) is 8.57. The Balaban J connectivity index is 0.00000420. The van der Waals surface area contributed by atoms with Crippen LogP contribution in [-0.2, 0) is 9.53 Å². The average molecular weight is 524 g/mol. The Morgan fingerprint density at radius 3 is 2.24 bits per heavy atom. The van der Waals surface area contributed by atoms with Gasteiger partial charge in [-0.2, -0.15) is 0 Å². The first-order valence-electron chi connectivity index (χ1n) is 11.0. The van der Waals surface area contributed by atoms with Gasteiger partial charge in [0.25, 0.3) is 0 Å². The Hall–Kier alpha value is -0.610. The number of guanidine groups is 1. The second kappa shape index (κ2) is 12.9. The maximum Gasteiger partial charge on any atom is 0.225 e. The van der Waals surface area contributed by atoms with Crippen molar-refractivity contribution >= 4 is 35.8 Å². The molecule has 8 heteroatoms. The lowest BCUT2D eigenvalue weighted by Gasteiger charge is -2.47. The number of hydrogen-bond donors (Lipinski definition) is 3. The zero-order chi connectivity index (χ0) is 20.5. The number of aliphatic imine (C=N–C) groups is 1. The van der Waals surface area contributed by atoms with Gasteiger partial charge in [0.05, 0.1) is 19.8 Å². The van der Waals surface area contributed by atoms with Crippen molar-refractivity contribution in [2.24, 2.45) is 10.4 Å². The van der Waals surface area contributed by atoms with Crippen LogP contribution in [0.2, 0.25) is 0 Å². The summed E-state index contributed by atoms with van der Waals surface area (Å²) >= 11 is 0. The Kier molecular flexibility index (Phi) is 11.8. The number of ether oxygens (including phenoxy) is 1. The highest BCUT2D eigenvalue weighted by atomic mass is 127. The highest BCUT2D eigenvalue weighted by Gasteiger charge is 2.38. The lowest BCUT2D eigenvalue weighted by Crippen LogP contribution is -2.56. The van der Waals surface area contributed by atoms with Crippen LogP contribution in [0.1, 0.15) is 59.8 Å². The van der Waals surface area contributed by atoms with Crippen LogP contribution < -0.4 is 16.0 Å². The second-order valence-corrected chi connectivity index (χ2v) is 9.01. The van der Waals surface area contributed by atoms with Crippen molar-refractivity contribution in [1.82, 2.24) is 20.9 Å². The van der Waals surface area contributed by atoms with Gasteiger partial charge in [-0.25, -0.2) is 0 Å². The summed E-state index contributed by atoms with van der Waals surface area (Å²) in [5, 5.41) is 9.69. The van der Waals surface area contributed by atoms with E-state index in [1.807, 2.05) is 20.8 Å². The third-order valence-electron chi connectivity index (χ3n) is 5.73. The van der Waals surface area contributed by atoms with Crippen LogP contribution in [0.25, 0.3) is 0 Å². The molecule has 0 bridgehead atoms.